The molecular weight excluding hydrogens is 1620 g/mol. The van der Waals surface area contributed by atoms with Gasteiger partial charge in [-0.25, -0.2) is 0 Å². The number of benzene rings is 13. The summed E-state index contributed by atoms with van der Waals surface area (Å²) in [5, 5.41) is 6.63. The quantitative estimate of drug-likeness (QED) is 0.0756. The second-order valence-electron chi connectivity index (χ2n) is 36.2. The summed E-state index contributed by atoms with van der Waals surface area (Å²) in [5.41, 5.74) is 28.6. The van der Waals surface area contributed by atoms with E-state index in [1.54, 1.807) is 21.3 Å². The third-order valence-electron chi connectivity index (χ3n) is 28.5. The summed E-state index contributed by atoms with van der Waals surface area (Å²) in [6, 6.07) is 149. The lowest BCUT2D eigenvalue weighted by Gasteiger charge is -2.54. The van der Waals surface area contributed by atoms with Gasteiger partial charge in [0.15, 0.2) is 5.69 Å². The van der Waals surface area contributed by atoms with Crippen LogP contribution in [0.4, 0.5) is 0 Å². The lowest BCUT2D eigenvalue weighted by molar-refractivity contribution is -0.776. The van der Waals surface area contributed by atoms with E-state index >= 15 is 0 Å². The molecule has 4 aliphatic heterocycles. The first-order valence-electron chi connectivity index (χ1n) is 44.8. The van der Waals surface area contributed by atoms with Crippen molar-refractivity contribution in [2.75, 3.05) is 83.2 Å². The molecule has 0 fully saturated rings. The third-order valence-corrected chi connectivity index (χ3v) is 31.5. The van der Waals surface area contributed by atoms with Crippen LogP contribution in [0.15, 0.2) is 453 Å². The Bertz CT molecular complexity index is 6560. The number of aromatic nitrogens is 1. The highest BCUT2D eigenvalue weighted by atomic mass is 32.1. The molecule has 0 bridgehead atoms. The fraction of sp³-hybridized carbons (Fsp3) is 0.104. The van der Waals surface area contributed by atoms with Crippen LogP contribution in [0.3, 0.4) is 0 Å². The number of fused-ring (bicyclic) bond motifs is 1. The van der Waals surface area contributed by atoms with E-state index < -0.39 is 25.1 Å². The second-order valence-corrected chi connectivity index (χ2v) is 39.1. The fourth-order valence-corrected chi connectivity index (χ4v) is 25.8. The van der Waals surface area contributed by atoms with E-state index in [-0.39, 0.29) is 0 Å². The summed E-state index contributed by atoms with van der Waals surface area (Å²) in [5.74, 6) is 2.59. The predicted octanol–water partition coefficient (Wildman–Crippen LogP) is 20.7. The third kappa shape index (κ3) is 15.8. The summed E-state index contributed by atoms with van der Waals surface area (Å²) in [7, 11) is 19.3. The van der Waals surface area contributed by atoms with Gasteiger partial charge in [0.1, 0.15) is 23.4 Å². The Morgan fingerprint density at radius 3 is 0.907 bits per heavy atom. The molecule has 0 radical (unpaired) electrons. The van der Waals surface area contributed by atoms with E-state index in [0.29, 0.717) is 0 Å². The molecule has 129 heavy (non-hydrogen) atoms. The zero-order valence-corrected chi connectivity index (χ0v) is 77.4. The Balaban J connectivity index is 0.000000119. The Labute approximate surface area is 774 Å². The molecule has 0 amide bonds. The zero-order valence-electron chi connectivity index (χ0n) is 75.0. The van der Waals surface area contributed by atoms with Crippen LogP contribution < -0.4 is 61.0 Å². The smallest absolute Gasteiger partial charge is 0.361 e. The van der Waals surface area contributed by atoms with Crippen LogP contribution in [0.5, 0.6) is 17.2 Å². The fourth-order valence-electron chi connectivity index (χ4n) is 22.4. The number of quaternary nitrogens is 3. The molecular formula is C115H108B4N4O3S3. The lowest BCUT2D eigenvalue weighted by atomic mass is 9.22. The summed E-state index contributed by atoms with van der Waals surface area (Å²) in [6.45, 7) is 3.00. The highest BCUT2D eigenvalue weighted by Crippen LogP contribution is 2.45. The highest BCUT2D eigenvalue weighted by molar-refractivity contribution is 7.39. The topological polar surface area (TPSA) is 31.6 Å². The van der Waals surface area contributed by atoms with E-state index in [0.717, 1.165) is 50.1 Å². The lowest BCUT2D eigenvalue weighted by Crippen LogP contribution is -2.78. The average molecular weight is 1730 g/mol. The summed E-state index contributed by atoms with van der Waals surface area (Å²) in [4.78, 5) is 1.42. The van der Waals surface area contributed by atoms with E-state index in [2.05, 4.69) is 488 Å². The Morgan fingerprint density at radius 2 is 0.543 bits per heavy atom. The largest absolute Gasteiger partial charge is 0.506 e. The normalized spacial score (nSPS) is 15.9. The number of pyridine rings is 1. The van der Waals surface area contributed by atoms with Gasteiger partial charge in [-0.05, 0) is 108 Å². The zero-order chi connectivity index (χ0) is 88.6. The summed E-state index contributed by atoms with van der Waals surface area (Å²) < 4.78 is 24.5. The van der Waals surface area contributed by atoms with Crippen LogP contribution in [-0.4, -0.2) is 122 Å². The Hall–Kier alpha value is -13.4. The van der Waals surface area contributed by atoms with Crippen molar-refractivity contribution in [3.05, 3.63) is 486 Å². The molecule has 7 nitrogen and oxygen atoms in total. The molecule has 0 spiro atoms. The van der Waals surface area contributed by atoms with Crippen molar-refractivity contribution >= 4 is 129 Å². The molecule has 0 saturated heterocycles. The number of ether oxygens (including phenoxy) is 3. The van der Waals surface area contributed by atoms with Gasteiger partial charge >= 0.3 is 12.6 Å². The average Bonchev–Trinajstić information content (AvgIpc) is 1.56. The number of hydrogen-bond donors (Lipinski definition) is 0. The molecule has 14 heteroatoms. The minimum absolute atomic E-state index is 0.833. The monoisotopic (exact) mass is 1730 g/mol. The SMILES string of the molecule is COc1ccc(C2=CC[N+](C)(C)[B-]2(c2ccc(OC)cc2)c2ccc(OC)cc2)cc1.C[N+]1(C)CC=C(c2ccc(-c3ccccc3)cc2)[B-]1(c1ccc(-c2ccccc2)cc1)c1ccc(-c2ccccc2)cc1.C[N+]1(C)CC=C(c2cccs2)[B-]1(c1cccs1)c1cccs1.c1ccc(C2=C(c3ccccc3)[B-](c3ccccc3)(c3ccccc3)[n+]3ccccc32)cc1. The van der Waals surface area contributed by atoms with Crippen molar-refractivity contribution in [2.45, 2.75) is 0 Å². The Kier molecular flexibility index (Phi) is 24.9. The van der Waals surface area contributed by atoms with Gasteiger partial charge in [-0.3, -0.25) is 0 Å². The number of hydrogen-bond acceptors (Lipinski definition) is 6. The minimum Gasteiger partial charge on any atom is -0.506 e. The van der Waals surface area contributed by atoms with Gasteiger partial charge in [0.05, 0.1) is 41.0 Å². The highest BCUT2D eigenvalue weighted by Gasteiger charge is 2.56. The van der Waals surface area contributed by atoms with Crippen LogP contribution in [0.25, 0.3) is 60.8 Å². The van der Waals surface area contributed by atoms with E-state index in [1.807, 2.05) is 46.1 Å². The number of rotatable bonds is 19. The van der Waals surface area contributed by atoms with Crippen molar-refractivity contribution in [1.82, 2.24) is 0 Å². The molecule has 0 unspecified atom stereocenters. The van der Waals surface area contributed by atoms with Gasteiger partial charge in [-0.15, -0.1) is 66.0 Å². The maximum Gasteiger partial charge on any atom is 0.361 e. The summed E-state index contributed by atoms with van der Waals surface area (Å²) in [6.07, 6.45) is 4.59. The molecule has 8 heterocycles. The van der Waals surface area contributed by atoms with Crippen molar-refractivity contribution in [3.63, 3.8) is 0 Å². The number of nitrogens with zero attached hydrogens (tertiary/aromatic N) is 4. The van der Waals surface area contributed by atoms with Gasteiger partial charge in [0.25, 0.3) is 12.6 Å². The molecule has 0 saturated carbocycles. The van der Waals surface area contributed by atoms with E-state index in [4.69, 9.17) is 14.2 Å². The standard InChI is InChI=1S/C41H36BN.C31H24BN.C26H30BNO3.C17H18BNS3/c1-43(2)31-30-41(38-20-18-35(19-21-38)32-12-6-3-7-13-32)42(43,39-26-22-36(23-27-39)33-14-8-4-9-15-33)40-28-24-37(25-29-40)34-16-10-5-11-17-34;1-5-15-25(16-6-1)30-29-23-13-14-24-33(29)32(27-19-9-3-10-20-27,28-21-11-4-12-22-28)31(30)26-17-7-2-8-18-26;1-28(2)19-18-26(20-6-12-23(29-3)13-7-20)27(28,21-8-14-24(30-4)15-9-21)22-10-16-25(31-5)17-11-22;1-19(2)10-9-14(15-6-3-11-20-15)18(19,16-7-4-12-21-16)17-8-5-13-22-17/h3-30H,31H2,1-2H3;1-24H;6-18H,19H2,1-5H3;3-9,11-13H,10H2,1-2H3. The molecule has 636 valence electrons. The second kappa shape index (κ2) is 37.1. The van der Waals surface area contributed by atoms with Gasteiger partial charge in [-0.1, -0.05) is 402 Å². The van der Waals surface area contributed by atoms with Crippen LogP contribution in [0.2, 0.25) is 0 Å². The first-order valence-corrected chi connectivity index (χ1v) is 47.5. The molecule has 17 aromatic rings. The van der Waals surface area contributed by atoms with Crippen molar-refractivity contribution < 1.29 is 31.9 Å². The van der Waals surface area contributed by atoms with Gasteiger partial charge in [0, 0.05) is 53.9 Å². The van der Waals surface area contributed by atoms with Gasteiger partial charge < -0.3 is 31.9 Å². The Morgan fingerprint density at radius 1 is 0.248 bits per heavy atom. The van der Waals surface area contributed by atoms with Crippen molar-refractivity contribution in [3.8, 4) is 50.6 Å². The molecule has 4 aromatic heterocycles. The molecule has 13 aromatic carbocycles. The number of thiophene rings is 3. The van der Waals surface area contributed by atoms with Crippen molar-refractivity contribution in [1.29, 1.82) is 0 Å². The number of likely N-dealkylation sites (N-methyl/N-ethyl adjacent to an activating group) is 3. The first-order chi connectivity index (χ1) is 63.1. The van der Waals surface area contributed by atoms with Crippen LogP contribution in [0, 0.1) is 0 Å². The first kappa shape index (κ1) is 86.4. The van der Waals surface area contributed by atoms with Gasteiger partial charge in [0.2, 0.25) is 0 Å². The predicted molar refractivity (Wildman–Crippen MR) is 556 cm³/mol. The summed E-state index contributed by atoms with van der Waals surface area (Å²) >= 11 is 5.67. The van der Waals surface area contributed by atoms with E-state index in [9.17, 15) is 0 Å². The van der Waals surface area contributed by atoms with Crippen LogP contribution in [-0.2, 0) is 0 Å². The molecule has 0 atom stereocenters. The van der Waals surface area contributed by atoms with Gasteiger partial charge in [-0.2, -0.15) is 22.7 Å². The van der Waals surface area contributed by atoms with E-state index in [1.165, 1.54) is 136 Å². The van der Waals surface area contributed by atoms with Crippen molar-refractivity contribution in [2.24, 2.45) is 0 Å². The van der Waals surface area contributed by atoms with Crippen LogP contribution >= 0.6 is 34.0 Å². The number of methoxy groups -OCH3 is 3. The molecule has 0 aliphatic carbocycles. The minimum atomic E-state index is -1.45. The maximum atomic E-state index is 5.45. The molecule has 0 N–H and O–H groups in total. The van der Waals surface area contributed by atoms with Crippen LogP contribution in [0.1, 0.15) is 32.8 Å². The molecule has 21 rings (SSSR count). The maximum absolute atomic E-state index is 5.45. The molecule has 4 aliphatic rings.